The summed E-state index contributed by atoms with van der Waals surface area (Å²) in [4.78, 5) is 9.86. The predicted molar refractivity (Wildman–Crippen MR) is 228 cm³/mol. The van der Waals surface area contributed by atoms with Crippen LogP contribution in [0, 0.1) is 0 Å². The number of rotatable bonds is 8. The average molecular weight is 743 g/mol. The Morgan fingerprint density at radius 2 is 0.825 bits per heavy atom. The van der Waals surface area contributed by atoms with Gasteiger partial charge in [0.1, 0.15) is 34.4 Å². The van der Waals surface area contributed by atoms with Crippen LogP contribution in [0.2, 0.25) is 0 Å². The molecular weight excluding hydrogens is 705 g/mol. The molecule has 0 spiro atoms. The van der Waals surface area contributed by atoms with Crippen LogP contribution < -0.4 is 9.47 Å². The van der Waals surface area contributed by atoms with Crippen molar-refractivity contribution in [1.82, 2.24) is 29.5 Å². The topological polar surface area (TPSA) is 79.9 Å². The summed E-state index contributed by atoms with van der Waals surface area (Å²) >= 11 is 0. The van der Waals surface area contributed by atoms with Gasteiger partial charge in [-0.15, -0.1) is 0 Å². The number of aryl methyl sites for hydroxylation is 2. The van der Waals surface area contributed by atoms with Crippen molar-refractivity contribution >= 4 is 43.9 Å². The van der Waals surface area contributed by atoms with Crippen molar-refractivity contribution in [2.45, 2.75) is 19.3 Å². The van der Waals surface area contributed by atoms with Gasteiger partial charge in [0.15, 0.2) is 11.3 Å². The minimum absolute atomic E-state index is 0.253. The third-order valence-corrected chi connectivity index (χ3v) is 10.9. The lowest BCUT2D eigenvalue weighted by molar-refractivity contribution is 0.482. The number of ether oxygens (including phenoxy) is 2. The van der Waals surface area contributed by atoms with Gasteiger partial charge in [-0.1, -0.05) is 98.8 Å². The van der Waals surface area contributed by atoms with Crippen LogP contribution in [0.4, 0.5) is 0 Å². The molecule has 0 aliphatic heterocycles. The molecule has 276 valence electrons. The summed E-state index contributed by atoms with van der Waals surface area (Å²) in [6.07, 6.45) is 0. The van der Waals surface area contributed by atoms with Crippen LogP contribution in [0.3, 0.4) is 0 Å². The molecule has 0 fully saturated rings. The number of fused-ring (bicyclic) bond motifs is 4. The summed E-state index contributed by atoms with van der Waals surface area (Å²) in [7, 11) is 3.87. The highest BCUT2D eigenvalue weighted by atomic mass is 16.5. The van der Waals surface area contributed by atoms with Gasteiger partial charge in [0, 0.05) is 52.2 Å². The Labute approximate surface area is 329 Å². The second-order valence-electron chi connectivity index (χ2n) is 15.0. The second-order valence-corrected chi connectivity index (χ2v) is 15.0. The van der Waals surface area contributed by atoms with E-state index in [0.29, 0.717) is 0 Å². The van der Waals surface area contributed by atoms with Crippen molar-refractivity contribution < 1.29 is 9.47 Å². The number of benzene rings is 6. The molecule has 4 aromatic heterocycles. The molecule has 0 N–H and O–H groups in total. The summed E-state index contributed by atoms with van der Waals surface area (Å²) in [5, 5.41) is 13.6. The molecular formula is C49H38N6O2. The fourth-order valence-electron chi connectivity index (χ4n) is 7.70. The van der Waals surface area contributed by atoms with Gasteiger partial charge in [0.05, 0.1) is 11.0 Å². The number of aromatic nitrogens is 6. The number of nitrogens with zero attached hydrogens (tertiary/aromatic N) is 6. The van der Waals surface area contributed by atoms with Crippen molar-refractivity contribution in [3.8, 4) is 45.5 Å². The van der Waals surface area contributed by atoms with E-state index in [0.717, 1.165) is 89.4 Å². The molecule has 8 heteroatoms. The fraction of sp³-hybridized carbons (Fsp3) is 0.102. The average Bonchev–Trinajstić information content (AvgIpc) is 3.74. The van der Waals surface area contributed by atoms with E-state index in [1.165, 1.54) is 11.1 Å². The number of pyridine rings is 2. The molecule has 57 heavy (non-hydrogen) atoms. The summed E-state index contributed by atoms with van der Waals surface area (Å²) in [6, 6.07) is 53.5. The molecule has 0 aliphatic carbocycles. The second kappa shape index (κ2) is 13.5. The Morgan fingerprint density at radius 1 is 0.439 bits per heavy atom. The maximum Gasteiger partial charge on any atom is 0.158 e. The first kappa shape index (κ1) is 34.2. The minimum Gasteiger partial charge on any atom is -0.457 e. The van der Waals surface area contributed by atoms with E-state index < -0.39 is 0 Å². The molecule has 10 rings (SSSR count). The zero-order chi connectivity index (χ0) is 38.7. The zero-order valence-electron chi connectivity index (χ0n) is 32.0. The Kier molecular flexibility index (Phi) is 8.07. The molecule has 0 bridgehead atoms. The van der Waals surface area contributed by atoms with E-state index in [9.17, 15) is 0 Å². The first-order valence-electron chi connectivity index (χ1n) is 19.0. The normalized spacial score (nSPS) is 11.9. The van der Waals surface area contributed by atoms with E-state index in [1.54, 1.807) is 0 Å². The smallest absolute Gasteiger partial charge is 0.158 e. The van der Waals surface area contributed by atoms with Crippen LogP contribution in [0.5, 0.6) is 23.0 Å². The monoisotopic (exact) mass is 742 g/mol. The van der Waals surface area contributed by atoms with Gasteiger partial charge in [-0.05, 0) is 83.9 Å². The third kappa shape index (κ3) is 6.21. The van der Waals surface area contributed by atoms with Gasteiger partial charge < -0.3 is 9.47 Å². The Balaban J connectivity index is 0.853. The summed E-state index contributed by atoms with van der Waals surface area (Å²) in [5.74, 6) is 3.04. The lowest BCUT2D eigenvalue weighted by Gasteiger charge is -2.26. The molecule has 0 saturated carbocycles. The summed E-state index contributed by atoms with van der Waals surface area (Å²) < 4.78 is 16.4. The third-order valence-electron chi connectivity index (χ3n) is 10.9. The molecule has 10 aromatic rings. The van der Waals surface area contributed by atoms with Crippen molar-refractivity contribution in [3.63, 3.8) is 0 Å². The van der Waals surface area contributed by atoms with E-state index in [4.69, 9.17) is 29.6 Å². The molecule has 0 atom stereocenters. The highest BCUT2D eigenvalue weighted by molar-refractivity contribution is 6.00. The molecule has 8 nitrogen and oxygen atoms in total. The first-order chi connectivity index (χ1) is 27.8. The zero-order valence-corrected chi connectivity index (χ0v) is 32.0. The largest absolute Gasteiger partial charge is 0.457 e. The van der Waals surface area contributed by atoms with Crippen LogP contribution in [0.25, 0.3) is 66.4 Å². The molecule has 4 heterocycles. The van der Waals surface area contributed by atoms with Crippen molar-refractivity contribution in [1.29, 1.82) is 0 Å². The van der Waals surface area contributed by atoms with Gasteiger partial charge in [-0.2, -0.15) is 10.2 Å². The minimum atomic E-state index is -0.253. The molecule has 0 aliphatic rings. The van der Waals surface area contributed by atoms with Gasteiger partial charge in [-0.25, -0.2) is 19.3 Å². The molecule has 0 radical (unpaired) electrons. The van der Waals surface area contributed by atoms with E-state index in [2.05, 4.69) is 74.5 Å². The van der Waals surface area contributed by atoms with E-state index >= 15 is 0 Å². The van der Waals surface area contributed by atoms with Crippen LogP contribution in [0.15, 0.2) is 158 Å². The quantitative estimate of drug-likeness (QED) is 0.154. The Bertz CT molecular complexity index is 2890. The highest BCUT2D eigenvalue weighted by Gasteiger charge is 2.23. The van der Waals surface area contributed by atoms with Gasteiger partial charge in [-0.3, -0.25) is 0 Å². The maximum atomic E-state index is 6.37. The number of hydrogen-bond acceptors (Lipinski definition) is 6. The molecule has 0 amide bonds. The lowest BCUT2D eigenvalue weighted by Crippen LogP contribution is -2.18. The Hall–Kier alpha value is -7.32. The SMILES string of the molecule is Cn1nc(-c2ccccc2)c2cc3cc(Oc4ccc(C(C)(C)c5ccc(Oc6ccc7nc8c(cc7c6)c(-c6ccccc6)nn8C)cc5)cc4)ccc3nc21. The predicted octanol–water partition coefficient (Wildman–Crippen LogP) is 11.8. The van der Waals surface area contributed by atoms with Crippen LogP contribution >= 0.6 is 0 Å². The summed E-state index contributed by atoms with van der Waals surface area (Å²) in [5.41, 5.74) is 9.55. The van der Waals surface area contributed by atoms with Crippen molar-refractivity contribution in [2.75, 3.05) is 0 Å². The molecule has 6 aromatic carbocycles. The first-order valence-corrected chi connectivity index (χ1v) is 19.0. The lowest BCUT2D eigenvalue weighted by atomic mass is 9.78. The van der Waals surface area contributed by atoms with Crippen LogP contribution in [-0.4, -0.2) is 29.5 Å². The van der Waals surface area contributed by atoms with Crippen molar-refractivity contribution in [3.05, 3.63) is 169 Å². The highest BCUT2D eigenvalue weighted by Crippen LogP contribution is 2.37. The van der Waals surface area contributed by atoms with E-state index in [-0.39, 0.29) is 5.41 Å². The maximum absolute atomic E-state index is 6.37. The molecule has 0 saturated heterocycles. The van der Waals surface area contributed by atoms with Gasteiger partial charge in [0.2, 0.25) is 0 Å². The molecule has 0 unspecified atom stereocenters. The van der Waals surface area contributed by atoms with Gasteiger partial charge in [0.25, 0.3) is 0 Å². The van der Waals surface area contributed by atoms with Crippen LogP contribution in [0.1, 0.15) is 25.0 Å². The van der Waals surface area contributed by atoms with Crippen LogP contribution in [-0.2, 0) is 19.5 Å². The summed E-state index contributed by atoms with van der Waals surface area (Å²) in [6.45, 7) is 4.47. The van der Waals surface area contributed by atoms with Crippen molar-refractivity contribution in [2.24, 2.45) is 14.1 Å². The Morgan fingerprint density at radius 3 is 1.23 bits per heavy atom. The standard InChI is InChI=1S/C49H38N6O2/c1-49(2,35-15-19-37(20-16-35)56-39-23-25-43-33(27-39)29-41-45(31-11-7-5-8-12-31)52-54(3)47(41)50-43)36-17-21-38(22-18-36)57-40-24-26-44-34(28-40)30-42-46(32-13-9-6-10-14-32)53-55(4)48(42)51-44/h5-30H,1-4H3. The fourth-order valence-corrected chi connectivity index (χ4v) is 7.70. The van der Waals surface area contributed by atoms with E-state index in [1.807, 2.05) is 121 Å². The number of hydrogen-bond donors (Lipinski definition) is 0. The van der Waals surface area contributed by atoms with Gasteiger partial charge >= 0.3 is 0 Å².